The molecule has 0 spiro atoms. The number of carboxylic acids is 1. The van der Waals surface area contributed by atoms with Crippen LogP contribution in [-0.4, -0.2) is 87.4 Å². The van der Waals surface area contributed by atoms with Crippen molar-refractivity contribution in [1.29, 1.82) is 0 Å². The van der Waals surface area contributed by atoms with E-state index in [0.29, 0.717) is 17.4 Å². The highest BCUT2D eigenvalue weighted by Gasteiger charge is 2.25. The van der Waals surface area contributed by atoms with Crippen LogP contribution in [0.2, 0.25) is 0 Å². The summed E-state index contributed by atoms with van der Waals surface area (Å²) in [5.41, 5.74) is 0. The van der Waals surface area contributed by atoms with Gasteiger partial charge in [-0.05, 0) is 77.0 Å². The number of carboxylic acid groups (broad SMARTS) is 1. The van der Waals surface area contributed by atoms with Gasteiger partial charge in [-0.1, -0.05) is 374 Å². The van der Waals surface area contributed by atoms with Crippen LogP contribution in [0.15, 0.2) is 97.2 Å². The van der Waals surface area contributed by atoms with Crippen LogP contribution in [0.1, 0.15) is 367 Å². The molecular weight excluding hydrogens is 1160 g/mol. The average Bonchev–Trinajstić information content (AvgIpc) is 3.75. The van der Waals surface area contributed by atoms with Gasteiger partial charge in [-0.2, -0.15) is 0 Å². The van der Waals surface area contributed by atoms with E-state index in [0.717, 1.165) is 96.3 Å². The SMILES string of the molecule is CC/C=C\C/C=C\C/C=C\C/C=C\C/C=C\C/C=C\C/C=C\C/C=C\CCCCCCCCCCCCCCC(=O)OC(COC(=O)CCCCCCCCCCCCCCCCCCCCCCCCCCCCCCCCCC)COC(OCC[N+](C)(C)C)C(=O)O. The van der Waals surface area contributed by atoms with Gasteiger partial charge in [0.2, 0.25) is 0 Å². The molecule has 0 aliphatic heterocycles. The maximum atomic E-state index is 13.0. The van der Waals surface area contributed by atoms with Gasteiger partial charge in [-0.3, -0.25) is 9.59 Å². The van der Waals surface area contributed by atoms with E-state index in [-0.39, 0.29) is 32.2 Å². The molecule has 0 fully saturated rings. The number of ether oxygens (including phenoxy) is 4. The van der Waals surface area contributed by atoms with E-state index in [1.165, 1.54) is 244 Å². The van der Waals surface area contributed by atoms with Crippen LogP contribution in [-0.2, 0) is 33.3 Å². The molecule has 9 heteroatoms. The van der Waals surface area contributed by atoms with Crippen LogP contribution in [0.5, 0.6) is 0 Å². The number of carbonyl (C=O) groups excluding carboxylic acids is 2. The molecule has 0 saturated heterocycles. The lowest BCUT2D eigenvalue weighted by molar-refractivity contribution is -0.870. The molecule has 0 bridgehead atoms. The van der Waals surface area contributed by atoms with Crippen LogP contribution >= 0.6 is 0 Å². The molecule has 0 rings (SSSR count). The minimum atomic E-state index is -1.51. The molecule has 0 aliphatic rings. The first-order valence-corrected chi connectivity index (χ1v) is 39.9. The number of rotatable bonds is 74. The number of aliphatic carboxylic acids is 1. The quantitative estimate of drug-likeness (QED) is 0.0211. The maximum absolute atomic E-state index is 13.0. The van der Waals surface area contributed by atoms with Crippen molar-refractivity contribution in [3.63, 3.8) is 0 Å². The second-order valence-corrected chi connectivity index (χ2v) is 28.0. The summed E-state index contributed by atoms with van der Waals surface area (Å²) in [6.07, 6.45) is 101. The molecular formula is C85H152NO8+. The molecule has 544 valence electrons. The van der Waals surface area contributed by atoms with E-state index < -0.39 is 24.3 Å². The van der Waals surface area contributed by atoms with Crippen molar-refractivity contribution in [3.8, 4) is 0 Å². The number of quaternary nitrogens is 1. The molecule has 1 N–H and O–H groups in total. The molecule has 94 heavy (non-hydrogen) atoms. The smallest absolute Gasteiger partial charge is 0.361 e. The molecule has 0 amide bonds. The van der Waals surface area contributed by atoms with Gasteiger partial charge < -0.3 is 28.5 Å². The van der Waals surface area contributed by atoms with E-state index in [9.17, 15) is 19.5 Å². The maximum Gasteiger partial charge on any atom is 0.361 e. The first kappa shape index (κ1) is 90.2. The zero-order valence-corrected chi connectivity index (χ0v) is 62.4. The van der Waals surface area contributed by atoms with Crippen LogP contribution < -0.4 is 0 Å². The lowest BCUT2D eigenvalue weighted by Gasteiger charge is -2.25. The Kier molecular flexibility index (Phi) is 72.0. The second kappa shape index (κ2) is 75.0. The number of carbonyl (C=O) groups is 3. The third-order valence-corrected chi connectivity index (χ3v) is 17.6. The molecule has 0 aromatic carbocycles. The molecule has 0 heterocycles. The Labute approximate surface area is 582 Å². The van der Waals surface area contributed by atoms with E-state index in [1.807, 2.05) is 21.1 Å². The van der Waals surface area contributed by atoms with E-state index in [4.69, 9.17) is 18.9 Å². The normalized spacial score (nSPS) is 13.2. The fourth-order valence-electron chi connectivity index (χ4n) is 11.6. The van der Waals surface area contributed by atoms with Crippen molar-refractivity contribution in [3.05, 3.63) is 97.2 Å². The third kappa shape index (κ3) is 75.6. The standard InChI is InChI=1S/C85H151NO8/c1-6-8-10-12-14-16-18-20-22-24-26-28-30-32-34-36-38-40-41-42-43-44-46-48-50-52-54-56-58-60-62-64-66-68-70-72-74-76-83(88)94-81(80-93-85(84(89)90)91-78-77-86(3,4)5)79-92-82(87)75-73-71-69-67-65-63-61-59-57-55-53-51-49-47-45-39-37-35-33-31-29-27-25-23-21-19-17-15-13-11-9-7-2/h8,10,14,16,20,22,26,28,32,34,38,40,42-43,46,48,81,85H,6-7,9,11-13,15,17-19,21,23-25,27,29-31,33,35-37,39,41,44-45,47,49-80H2,1-5H3/p+1/b10-8-,16-14-,22-20-,28-26-,34-32-,40-38-,43-42-,48-46-. The molecule has 2 unspecified atom stereocenters. The minimum Gasteiger partial charge on any atom is -0.477 e. The zero-order chi connectivity index (χ0) is 68.2. The van der Waals surface area contributed by atoms with Crippen molar-refractivity contribution < 1.29 is 42.9 Å². The van der Waals surface area contributed by atoms with Crippen molar-refractivity contribution in [2.24, 2.45) is 0 Å². The van der Waals surface area contributed by atoms with Gasteiger partial charge in [-0.15, -0.1) is 0 Å². The average molecular weight is 1320 g/mol. The first-order valence-electron chi connectivity index (χ1n) is 39.9. The van der Waals surface area contributed by atoms with Crippen molar-refractivity contribution >= 4 is 17.9 Å². The lowest BCUT2D eigenvalue weighted by atomic mass is 10.0. The number of hydrogen-bond acceptors (Lipinski definition) is 7. The minimum absolute atomic E-state index is 0.182. The van der Waals surface area contributed by atoms with Crippen LogP contribution in [0, 0.1) is 0 Å². The third-order valence-electron chi connectivity index (χ3n) is 17.6. The van der Waals surface area contributed by atoms with Crippen molar-refractivity contribution in [2.45, 2.75) is 379 Å². The van der Waals surface area contributed by atoms with Gasteiger partial charge in [0, 0.05) is 12.8 Å². The number of nitrogens with zero attached hydrogens (tertiary/aromatic N) is 1. The molecule has 9 nitrogen and oxygen atoms in total. The second-order valence-electron chi connectivity index (χ2n) is 28.0. The van der Waals surface area contributed by atoms with E-state index in [2.05, 4.69) is 111 Å². The first-order chi connectivity index (χ1) is 46.1. The monoisotopic (exact) mass is 1320 g/mol. The van der Waals surface area contributed by atoms with Gasteiger partial charge >= 0.3 is 17.9 Å². The largest absolute Gasteiger partial charge is 0.477 e. The summed E-state index contributed by atoms with van der Waals surface area (Å²) >= 11 is 0. The van der Waals surface area contributed by atoms with Gasteiger partial charge in [0.15, 0.2) is 6.10 Å². The summed E-state index contributed by atoms with van der Waals surface area (Å²) in [5.74, 6) is -1.99. The molecule has 0 saturated carbocycles. The van der Waals surface area contributed by atoms with Crippen LogP contribution in [0.4, 0.5) is 0 Å². The Bertz CT molecular complexity index is 1870. The Balaban J connectivity index is 4.04. The van der Waals surface area contributed by atoms with Gasteiger partial charge in [0.25, 0.3) is 6.29 Å². The predicted molar refractivity (Wildman–Crippen MR) is 405 cm³/mol. The highest BCUT2D eigenvalue weighted by Crippen LogP contribution is 2.19. The summed E-state index contributed by atoms with van der Waals surface area (Å²) in [4.78, 5) is 37.7. The molecule has 2 atom stereocenters. The summed E-state index contributed by atoms with van der Waals surface area (Å²) in [5, 5.41) is 9.77. The molecule has 0 aliphatic carbocycles. The Morgan fingerprint density at radius 1 is 0.330 bits per heavy atom. The van der Waals surface area contributed by atoms with Crippen molar-refractivity contribution in [1.82, 2.24) is 0 Å². The topological polar surface area (TPSA) is 108 Å². The highest BCUT2D eigenvalue weighted by atomic mass is 16.7. The number of unbranched alkanes of at least 4 members (excludes halogenated alkanes) is 43. The molecule has 0 aromatic heterocycles. The predicted octanol–water partition coefficient (Wildman–Crippen LogP) is 25.5. The Morgan fingerprint density at radius 2 is 0.606 bits per heavy atom. The van der Waals surface area contributed by atoms with E-state index in [1.54, 1.807) is 0 Å². The zero-order valence-electron chi connectivity index (χ0n) is 62.4. The van der Waals surface area contributed by atoms with Crippen LogP contribution in [0.3, 0.4) is 0 Å². The van der Waals surface area contributed by atoms with Gasteiger partial charge in [0.1, 0.15) is 13.2 Å². The van der Waals surface area contributed by atoms with Crippen LogP contribution in [0.25, 0.3) is 0 Å². The fraction of sp³-hybridized carbons (Fsp3) is 0.776. The van der Waals surface area contributed by atoms with Crippen molar-refractivity contribution in [2.75, 3.05) is 47.5 Å². The number of hydrogen-bond donors (Lipinski definition) is 1. The summed E-state index contributed by atoms with van der Waals surface area (Å²) < 4.78 is 23.1. The fourth-order valence-corrected chi connectivity index (χ4v) is 11.6. The summed E-state index contributed by atoms with van der Waals surface area (Å²) in [6, 6.07) is 0. The number of esters is 2. The molecule has 0 aromatic rings. The Hall–Kier alpha value is -3.79. The van der Waals surface area contributed by atoms with Gasteiger partial charge in [0.05, 0.1) is 34.4 Å². The summed E-state index contributed by atoms with van der Waals surface area (Å²) in [6.45, 7) is 4.81. The Morgan fingerprint density at radius 3 is 0.904 bits per heavy atom. The van der Waals surface area contributed by atoms with E-state index >= 15 is 0 Å². The number of likely N-dealkylation sites (N-methyl/N-ethyl adjacent to an activating group) is 1. The molecule has 0 radical (unpaired) electrons. The lowest BCUT2D eigenvalue weighted by Crippen LogP contribution is -2.40. The summed E-state index contributed by atoms with van der Waals surface area (Å²) in [7, 11) is 5.99. The number of allylic oxidation sites excluding steroid dienone is 16. The van der Waals surface area contributed by atoms with Gasteiger partial charge in [-0.25, -0.2) is 4.79 Å². The highest BCUT2D eigenvalue weighted by molar-refractivity contribution is 5.71.